The summed E-state index contributed by atoms with van der Waals surface area (Å²) < 4.78 is 14.7. The second-order valence-corrected chi connectivity index (χ2v) is 7.87. The molecule has 4 aromatic rings. The van der Waals surface area contributed by atoms with Gasteiger partial charge in [-0.2, -0.15) is 0 Å². The molecule has 0 aliphatic heterocycles. The molecule has 0 unspecified atom stereocenters. The minimum atomic E-state index is -0.236. The van der Waals surface area contributed by atoms with Crippen LogP contribution in [0, 0.1) is 5.82 Å². The zero-order valence-electron chi connectivity index (χ0n) is 12.3. The van der Waals surface area contributed by atoms with Gasteiger partial charge in [0.1, 0.15) is 10.8 Å². The van der Waals surface area contributed by atoms with Crippen molar-refractivity contribution in [1.29, 1.82) is 0 Å². The van der Waals surface area contributed by atoms with Crippen molar-refractivity contribution in [3.8, 4) is 10.6 Å². The van der Waals surface area contributed by atoms with E-state index >= 15 is 0 Å². The topological polar surface area (TPSA) is 37.8 Å². The molecule has 4 rings (SSSR count). The summed E-state index contributed by atoms with van der Waals surface area (Å²) in [5, 5.41) is 4.22. The first-order valence-corrected chi connectivity index (χ1v) is 9.19. The van der Waals surface area contributed by atoms with Crippen LogP contribution in [-0.2, 0) is 6.54 Å². The molecule has 7 heteroatoms. The van der Waals surface area contributed by atoms with Crippen LogP contribution in [0.1, 0.15) is 4.88 Å². The number of rotatable bonds is 4. The lowest BCUT2D eigenvalue weighted by Gasteiger charge is -2.05. The Morgan fingerprint density at radius 2 is 1.92 bits per heavy atom. The molecule has 0 fully saturated rings. The van der Waals surface area contributed by atoms with Gasteiger partial charge in [0.05, 0.1) is 16.8 Å². The maximum absolute atomic E-state index is 13.3. The van der Waals surface area contributed by atoms with Crippen LogP contribution in [0.25, 0.3) is 20.8 Å². The van der Waals surface area contributed by atoms with E-state index in [0.29, 0.717) is 11.0 Å². The predicted molar refractivity (Wildman–Crippen MR) is 99.5 cm³/mol. The van der Waals surface area contributed by atoms with Crippen LogP contribution >= 0.6 is 34.3 Å². The van der Waals surface area contributed by atoms with Gasteiger partial charge in [-0.05, 0) is 42.5 Å². The van der Waals surface area contributed by atoms with Crippen LogP contribution in [-0.4, -0.2) is 9.97 Å². The largest absolute Gasteiger partial charge is 0.380 e. The number of thiazole rings is 2. The molecule has 120 valence electrons. The number of benzene rings is 2. The summed E-state index contributed by atoms with van der Waals surface area (Å²) >= 11 is 8.78. The number of aromatic nitrogens is 2. The maximum Gasteiger partial charge on any atom is 0.183 e. The predicted octanol–water partition coefficient (Wildman–Crippen LogP) is 5.82. The molecule has 0 spiro atoms. The second kappa shape index (κ2) is 6.47. The first-order valence-electron chi connectivity index (χ1n) is 7.18. The van der Waals surface area contributed by atoms with Gasteiger partial charge in [-0.15, -0.1) is 22.7 Å². The third-order valence-corrected chi connectivity index (χ3v) is 5.66. The third-order valence-electron chi connectivity index (χ3n) is 3.47. The Kier molecular flexibility index (Phi) is 4.18. The zero-order chi connectivity index (χ0) is 16.5. The van der Waals surface area contributed by atoms with Crippen molar-refractivity contribution in [2.45, 2.75) is 6.54 Å². The molecule has 0 aliphatic carbocycles. The third kappa shape index (κ3) is 3.26. The van der Waals surface area contributed by atoms with E-state index in [4.69, 9.17) is 11.6 Å². The lowest BCUT2D eigenvalue weighted by molar-refractivity contribution is 0.630. The first-order chi connectivity index (χ1) is 11.7. The Morgan fingerprint density at radius 3 is 2.67 bits per heavy atom. The molecule has 0 aliphatic rings. The van der Waals surface area contributed by atoms with E-state index in [1.165, 1.54) is 34.8 Å². The molecule has 1 N–H and O–H groups in total. The van der Waals surface area contributed by atoms with E-state index in [2.05, 4.69) is 15.3 Å². The Labute approximate surface area is 150 Å². The summed E-state index contributed by atoms with van der Waals surface area (Å²) in [5.74, 6) is -0.236. The van der Waals surface area contributed by atoms with Gasteiger partial charge in [-0.25, -0.2) is 14.4 Å². The lowest BCUT2D eigenvalue weighted by atomic mass is 10.2. The quantitative estimate of drug-likeness (QED) is 0.488. The zero-order valence-corrected chi connectivity index (χ0v) is 14.7. The summed E-state index contributed by atoms with van der Waals surface area (Å²) in [5.41, 5.74) is 2.85. The number of fused-ring (bicyclic) bond motifs is 1. The molecule has 0 amide bonds. The van der Waals surface area contributed by atoms with Gasteiger partial charge in [-0.3, -0.25) is 0 Å². The van der Waals surface area contributed by atoms with Crippen LogP contribution in [0.2, 0.25) is 4.47 Å². The average molecular weight is 376 g/mol. The van der Waals surface area contributed by atoms with E-state index in [-0.39, 0.29) is 5.82 Å². The Hall–Kier alpha value is -2.02. The molecule has 2 aromatic carbocycles. The normalized spacial score (nSPS) is 11.1. The van der Waals surface area contributed by atoms with E-state index in [1.54, 1.807) is 12.3 Å². The maximum atomic E-state index is 13.3. The number of nitrogens with one attached hydrogen (secondary N) is 1. The highest BCUT2D eigenvalue weighted by Gasteiger charge is 2.07. The van der Waals surface area contributed by atoms with Crippen LogP contribution in [0.4, 0.5) is 10.1 Å². The van der Waals surface area contributed by atoms with E-state index in [1.807, 2.05) is 24.3 Å². The van der Waals surface area contributed by atoms with Crippen molar-refractivity contribution in [3.05, 3.63) is 63.8 Å². The number of halogens is 2. The standard InChI is InChI=1S/C17H11ClFN3S2/c18-17-21-9-13(23-17)8-20-12-4-1-10(2-5-12)16-22-14-6-3-11(19)7-15(14)24-16/h1-7,9,20H,8H2. The van der Waals surface area contributed by atoms with Crippen molar-refractivity contribution in [3.63, 3.8) is 0 Å². The molecule has 2 aromatic heterocycles. The average Bonchev–Trinajstić information content (AvgIpc) is 3.19. The van der Waals surface area contributed by atoms with Gasteiger partial charge in [0, 0.05) is 22.3 Å². The van der Waals surface area contributed by atoms with Crippen molar-refractivity contribution < 1.29 is 4.39 Å². The SMILES string of the molecule is Fc1ccc2nc(-c3ccc(NCc4cnc(Cl)s4)cc3)sc2c1. The van der Waals surface area contributed by atoms with Gasteiger partial charge in [0.15, 0.2) is 4.47 Å². The monoisotopic (exact) mass is 375 g/mol. The summed E-state index contributed by atoms with van der Waals surface area (Å²) in [6, 6.07) is 12.7. The Bertz CT molecular complexity index is 995. The highest BCUT2D eigenvalue weighted by atomic mass is 35.5. The van der Waals surface area contributed by atoms with Gasteiger partial charge in [-0.1, -0.05) is 11.6 Å². The van der Waals surface area contributed by atoms with Gasteiger partial charge in [0.25, 0.3) is 0 Å². The molecule has 0 saturated carbocycles. The second-order valence-electron chi connectivity index (χ2n) is 5.14. The fraction of sp³-hybridized carbons (Fsp3) is 0.0588. The van der Waals surface area contributed by atoms with E-state index < -0.39 is 0 Å². The molecular formula is C17H11ClFN3S2. The first kappa shape index (κ1) is 15.5. The molecule has 0 saturated heterocycles. The van der Waals surface area contributed by atoms with Gasteiger partial charge in [0.2, 0.25) is 0 Å². The summed E-state index contributed by atoms with van der Waals surface area (Å²) in [4.78, 5) is 9.66. The molecule has 0 radical (unpaired) electrons. The van der Waals surface area contributed by atoms with Crippen molar-refractivity contribution >= 4 is 50.2 Å². The van der Waals surface area contributed by atoms with Crippen molar-refractivity contribution in [2.75, 3.05) is 5.32 Å². The van der Waals surface area contributed by atoms with Gasteiger partial charge >= 0.3 is 0 Å². The van der Waals surface area contributed by atoms with Gasteiger partial charge < -0.3 is 5.32 Å². The Balaban J connectivity index is 1.51. The number of hydrogen-bond acceptors (Lipinski definition) is 5. The Morgan fingerprint density at radius 1 is 1.08 bits per heavy atom. The summed E-state index contributed by atoms with van der Waals surface area (Å²) in [6.45, 7) is 0.685. The molecular weight excluding hydrogens is 365 g/mol. The minimum absolute atomic E-state index is 0.236. The van der Waals surface area contributed by atoms with Crippen LogP contribution in [0.15, 0.2) is 48.7 Å². The molecule has 2 heterocycles. The summed E-state index contributed by atoms with van der Waals surface area (Å²) in [7, 11) is 0. The molecule has 0 bridgehead atoms. The fourth-order valence-electron chi connectivity index (χ4n) is 2.31. The lowest BCUT2D eigenvalue weighted by Crippen LogP contribution is -1.96. The summed E-state index contributed by atoms with van der Waals surface area (Å²) in [6.07, 6.45) is 1.77. The smallest absolute Gasteiger partial charge is 0.183 e. The number of hydrogen-bond donors (Lipinski definition) is 1. The molecule has 0 atom stereocenters. The molecule has 3 nitrogen and oxygen atoms in total. The van der Waals surface area contributed by atoms with E-state index in [0.717, 1.165) is 31.4 Å². The number of anilines is 1. The number of nitrogens with zero attached hydrogens (tertiary/aromatic N) is 2. The molecule has 24 heavy (non-hydrogen) atoms. The van der Waals surface area contributed by atoms with Crippen LogP contribution < -0.4 is 5.32 Å². The van der Waals surface area contributed by atoms with Crippen LogP contribution in [0.5, 0.6) is 0 Å². The van der Waals surface area contributed by atoms with Crippen LogP contribution in [0.3, 0.4) is 0 Å². The highest BCUT2D eigenvalue weighted by Crippen LogP contribution is 2.31. The fourth-order valence-corrected chi connectivity index (χ4v) is 4.22. The highest BCUT2D eigenvalue weighted by molar-refractivity contribution is 7.21. The van der Waals surface area contributed by atoms with Crippen molar-refractivity contribution in [1.82, 2.24) is 9.97 Å². The van der Waals surface area contributed by atoms with Crippen molar-refractivity contribution in [2.24, 2.45) is 0 Å². The van der Waals surface area contributed by atoms with E-state index in [9.17, 15) is 4.39 Å². The minimum Gasteiger partial charge on any atom is -0.380 e.